The van der Waals surface area contributed by atoms with Crippen LogP contribution in [0.15, 0.2) is 78.9 Å². The fourth-order valence-corrected chi connectivity index (χ4v) is 4.40. The maximum absolute atomic E-state index is 12.7. The highest BCUT2D eigenvalue weighted by Crippen LogP contribution is 2.26. The summed E-state index contributed by atoms with van der Waals surface area (Å²) in [7, 11) is 0. The van der Waals surface area contributed by atoms with Gasteiger partial charge in [-0.2, -0.15) is 0 Å². The number of benzene rings is 3. The summed E-state index contributed by atoms with van der Waals surface area (Å²) in [6.45, 7) is 4.30. The van der Waals surface area contributed by atoms with Crippen molar-refractivity contribution in [3.63, 3.8) is 0 Å². The zero-order valence-electron chi connectivity index (χ0n) is 17.0. The van der Waals surface area contributed by atoms with E-state index in [-0.39, 0.29) is 17.2 Å². The quantitative estimate of drug-likeness (QED) is 0.156. The minimum Gasteiger partial charge on any atom is -0.488 e. The molecular formula is C25H19IN2O3S. The molecule has 4 rings (SSSR count). The Labute approximate surface area is 204 Å². The Kier molecular flexibility index (Phi) is 6.66. The molecule has 7 heteroatoms. The van der Waals surface area contributed by atoms with Gasteiger partial charge in [-0.25, -0.2) is 0 Å². The second-order valence-corrected chi connectivity index (χ2v) is 8.69. The number of thiocarbonyl (C=S) groups is 1. The van der Waals surface area contributed by atoms with Gasteiger partial charge in [0.25, 0.3) is 11.8 Å². The first-order chi connectivity index (χ1) is 15.5. The average Bonchev–Trinajstić information content (AvgIpc) is 2.79. The minimum atomic E-state index is -0.508. The molecule has 3 aromatic rings. The second-order valence-electron chi connectivity index (χ2n) is 7.14. The molecule has 1 N–H and O–H groups in total. The molecule has 0 atom stereocenters. The summed E-state index contributed by atoms with van der Waals surface area (Å²) in [5.41, 5.74) is 1.85. The number of carbonyl (C=O) groups excluding carboxylic acids is 2. The number of hydrogen-bond donors (Lipinski definition) is 1. The Morgan fingerprint density at radius 2 is 1.88 bits per heavy atom. The topological polar surface area (TPSA) is 58.6 Å². The Morgan fingerprint density at radius 1 is 1.09 bits per heavy atom. The van der Waals surface area contributed by atoms with E-state index in [4.69, 9.17) is 17.0 Å². The molecule has 1 saturated heterocycles. The smallest absolute Gasteiger partial charge is 0.265 e. The van der Waals surface area contributed by atoms with Crippen LogP contribution in [0.1, 0.15) is 11.1 Å². The van der Waals surface area contributed by atoms with Crippen molar-refractivity contribution in [2.24, 2.45) is 0 Å². The van der Waals surface area contributed by atoms with E-state index in [1.807, 2.05) is 36.4 Å². The molecule has 5 nitrogen and oxygen atoms in total. The van der Waals surface area contributed by atoms with Crippen molar-refractivity contribution in [3.05, 3.63) is 93.6 Å². The largest absolute Gasteiger partial charge is 0.488 e. The van der Waals surface area contributed by atoms with Crippen molar-refractivity contribution in [1.29, 1.82) is 0 Å². The fourth-order valence-electron chi connectivity index (χ4n) is 3.45. The summed E-state index contributed by atoms with van der Waals surface area (Å²) in [6, 6.07) is 19.9. The molecule has 0 radical (unpaired) electrons. The van der Waals surface area contributed by atoms with E-state index < -0.39 is 11.8 Å². The molecule has 0 aromatic heterocycles. The van der Waals surface area contributed by atoms with Gasteiger partial charge in [0.1, 0.15) is 17.9 Å². The maximum Gasteiger partial charge on any atom is 0.265 e. The zero-order chi connectivity index (χ0) is 22.7. The van der Waals surface area contributed by atoms with Crippen LogP contribution in [0.4, 0.5) is 0 Å². The molecule has 1 heterocycles. The van der Waals surface area contributed by atoms with E-state index in [9.17, 15) is 9.59 Å². The number of carbonyl (C=O) groups is 2. The van der Waals surface area contributed by atoms with E-state index in [1.54, 1.807) is 12.2 Å². The number of fused-ring (bicyclic) bond motifs is 1. The first-order valence-corrected chi connectivity index (χ1v) is 11.4. The van der Waals surface area contributed by atoms with Gasteiger partial charge >= 0.3 is 0 Å². The van der Waals surface area contributed by atoms with E-state index in [1.165, 1.54) is 10.3 Å². The van der Waals surface area contributed by atoms with Gasteiger partial charge in [0, 0.05) is 6.54 Å². The Morgan fingerprint density at radius 3 is 2.66 bits per heavy atom. The third-order valence-electron chi connectivity index (χ3n) is 5.03. The standard InChI is InChI=1S/C25H19IN2O3S/c1-2-12-28-24(30)20(23(29)27-25(28)32)13-16-10-11-22(21(26)14-16)31-15-18-8-5-7-17-6-3-4-9-19(17)18/h2-11,13-14H,1,12,15H2,(H,27,29,32)/b20-13+. The fraction of sp³-hybridized carbons (Fsp3) is 0.0800. The number of rotatable bonds is 6. The van der Waals surface area contributed by atoms with Gasteiger partial charge < -0.3 is 4.74 Å². The third kappa shape index (κ3) is 4.58. The molecule has 1 aliphatic rings. The van der Waals surface area contributed by atoms with E-state index in [0.29, 0.717) is 6.61 Å². The number of nitrogens with one attached hydrogen (secondary N) is 1. The monoisotopic (exact) mass is 554 g/mol. The van der Waals surface area contributed by atoms with Gasteiger partial charge in [-0.1, -0.05) is 54.6 Å². The molecule has 1 fully saturated rings. The summed E-state index contributed by atoms with van der Waals surface area (Å²) in [5, 5.41) is 4.97. The molecule has 0 aliphatic carbocycles. The summed E-state index contributed by atoms with van der Waals surface area (Å²) < 4.78 is 6.94. The number of amides is 2. The summed E-state index contributed by atoms with van der Waals surface area (Å²) in [4.78, 5) is 26.3. The molecule has 0 saturated carbocycles. The highest BCUT2D eigenvalue weighted by atomic mass is 127. The molecular weight excluding hydrogens is 535 g/mol. The summed E-state index contributed by atoms with van der Waals surface area (Å²) in [5.74, 6) is -0.217. The lowest BCUT2D eigenvalue weighted by atomic mass is 10.1. The maximum atomic E-state index is 12.7. The Balaban J connectivity index is 1.54. The van der Waals surface area contributed by atoms with Crippen LogP contribution in [-0.4, -0.2) is 28.4 Å². The van der Waals surface area contributed by atoms with Crippen molar-refractivity contribution in [3.8, 4) is 5.75 Å². The van der Waals surface area contributed by atoms with Gasteiger partial charge in [0.2, 0.25) is 0 Å². The predicted octanol–water partition coefficient (Wildman–Crippen LogP) is 4.84. The number of ether oxygens (including phenoxy) is 1. The van der Waals surface area contributed by atoms with Crippen molar-refractivity contribution < 1.29 is 14.3 Å². The lowest BCUT2D eigenvalue weighted by molar-refractivity contribution is -0.128. The molecule has 3 aromatic carbocycles. The highest BCUT2D eigenvalue weighted by molar-refractivity contribution is 14.1. The molecule has 1 aliphatic heterocycles. The zero-order valence-corrected chi connectivity index (χ0v) is 20.0. The van der Waals surface area contributed by atoms with Crippen LogP contribution >= 0.6 is 34.8 Å². The lowest BCUT2D eigenvalue weighted by Crippen LogP contribution is -2.53. The lowest BCUT2D eigenvalue weighted by Gasteiger charge is -2.27. The predicted molar refractivity (Wildman–Crippen MR) is 138 cm³/mol. The average molecular weight is 554 g/mol. The van der Waals surface area contributed by atoms with E-state index in [0.717, 1.165) is 25.8 Å². The molecule has 160 valence electrons. The van der Waals surface area contributed by atoms with Gasteiger partial charge in [-0.15, -0.1) is 6.58 Å². The molecule has 2 amide bonds. The first kappa shape index (κ1) is 22.2. The Bertz CT molecular complexity index is 1280. The van der Waals surface area contributed by atoms with Crippen LogP contribution in [-0.2, 0) is 16.2 Å². The van der Waals surface area contributed by atoms with Crippen LogP contribution in [0.2, 0.25) is 0 Å². The van der Waals surface area contributed by atoms with E-state index >= 15 is 0 Å². The van der Waals surface area contributed by atoms with Crippen LogP contribution in [0.3, 0.4) is 0 Å². The number of nitrogens with zero attached hydrogens (tertiary/aromatic N) is 1. The van der Waals surface area contributed by atoms with E-state index in [2.05, 4.69) is 58.8 Å². The molecule has 32 heavy (non-hydrogen) atoms. The van der Waals surface area contributed by atoms with Crippen LogP contribution in [0.25, 0.3) is 16.8 Å². The SMILES string of the molecule is C=CCN1C(=O)/C(=C/c2ccc(OCc3cccc4ccccc34)c(I)c2)C(=O)NC1=S. The van der Waals surface area contributed by atoms with Crippen molar-refractivity contribution in [2.75, 3.05) is 6.54 Å². The normalized spacial score (nSPS) is 15.2. The van der Waals surface area contributed by atoms with Gasteiger partial charge in [0.05, 0.1) is 3.57 Å². The van der Waals surface area contributed by atoms with Crippen LogP contribution < -0.4 is 10.1 Å². The van der Waals surface area contributed by atoms with Crippen molar-refractivity contribution in [2.45, 2.75) is 6.61 Å². The summed E-state index contributed by atoms with van der Waals surface area (Å²) in [6.07, 6.45) is 3.12. The van der Waals surface area contributed by atoms with Gasteiger partial charge in [0.15, 0.2) is 5.11 Å². The molecule has 0 unspecified atom stereocenters. The number of hydrogen-bond acceptors (Lipinski definition) is 4. The summed E-state index contributed by atoms with van der Waals surface area (Å²) >= 11 is 7.27. The van der Waals surface area contributed by atoms with Gasteiger partial charge in [-0.3, -0.25) is 19.8 Å². The van der Waals surface area contributed by atoms with Crippen molar-refractivity contribution in [1.82, 2.24) is 10.2 Å². The molecule has 0 bridgehead atoms. The van der Waals surface area contributed by atoms with Crippen molar-refractivity contribution >= 4 is 68.6 Å². The first-order valence-electron chi connectivity index (χ1n) is 9.86. The van der Waals surface area contributed by atoms with Gasteiger partial charge in [-0.05, 0) is 74.9 Å². The second kappa shape index (κ2) is 9.62. The van der Waals surface area contributed by atoms with Crippen LogP contribution in [0.5, 0.6) is 5.75 Å². The third-order valence-corrected chi connectivity index (χ3v) is 6.19. The number of halogens is 1. The van der Waals surface area contributed by atoms with Crippen LogP contribution in [0, 0.1) is 3.57 Å². The highest BCUT2D eigenvalue weighted by Gasteiger charge is 2.32. The molecule has 0 spiro atoms. The minimum absolute atomic E-state index is 0.0284. The Hall–Kier alpha value is -3.04.